The number of nitrogens with zero attached hydrogens (tertiary/aromatic N) is 3. The molecule has 1 heterocycles. The van der Waals surface area contributed by atoms with Gasteiger partial charge in [0.1, 0.15) is 24.9 Å². The van der Waals surface area contributed by atoms with Crippen LogP contribution in [-0.4, -0.2) is 36.1 Å². The summed E-state index contributed by atoms with van der Waals surface area (Å²) in [4.78, 5) is 0. The normalized spacial score (nSPS) is 11.4. The van der Waals surface area contributed by atoms with Crippen LogP contribution in [0.4, 0.5) is 0 Å². The second-order valence-electron chi connectivity index (χ2n) is 8.88. The van der Waals surface area contributed by atoms with E-state index in [1.807, 2.05) is 41.1 Å². The average Bonchev–Trinajstić information content (AvgIpc) is 3.35. The lowest BCUT2D eigenvalue weighted by Gasteiger charge is -2.14. The molecule has 0 spiro atoms. The molecule has 0 saturated carbocycles. The van der Waals surface area contributed by atoms with Crippen molar-refractivity contribution in [3.8, 4) is 17.2 Å². The van der Waals surface area contributed by atoms with Gasteiger partial charge in [0.15, 0.2) is 0 Å². The second kappa shape index (κ2) is 10.2. The van der Waals surface area contributed by atoms with Crippen LogP contribution in [0.1, 0.15) is 6.42 Å². The Kier molecular flexibility index (Phi) is 6.61. The molecule has 0 aliphatic heterocycles. The molecular weight excluding hydrogens is 593 g/mol. The third kappa shape index (κ3) is 4.71. The first-order chi connectivity index (χ1) is 18.1. The highest BCUT2D eigenvalue weighted by molar-refractivity contribution is 9.11. The van der Waals surface area contributed by atoms with Gasteiger partial charge in [-0.3, -0.25) is 0 Å². The van der Waals surface area contributed by atoms with Gasteiger partial charge in [0.25, 0.3) is 0 Å². The SMILES string of the molecule is Bc1c(OCCCOc2ccc3cc(-n4nnc5ccccc54)ccc3c2Br)ccc2cc(Br)ccc12. The molecule has 0 unspecified atom stereocenters. The molecular formula is C29H22BBr2N3O2. The third-order valence-electron chi connectivity index (χ3n) is 6.50. The summed E-state index contributed by atoms with van der Waals surface area (Å²) in [6.45, 7) is 1.15. The van der Waals surface area contributed by atoms with Gasteiger partial charge in [0.05, 0.1) is 28.9 Å². The zero-order valence-corrected chi connectivity index (χ0v) is 23.3. The van der Waals surface area contributed by atoms with Gasteiger partial charge in [-0.1, -0.05) is 57.5 Å². The molecule has 8 heteroatoms. The highest BCUT2D eigenvalue weighted by Gasteiger charge is 2.11. The van der Waals surface area contributed by atoms with E-state index in [2.05, 4.69) is 98.5 Å². The van der Waals surface area contributed by atoms with Crippen molar-refractivity contribution in [2.45, 2.75) is 6.42 Å². The molecule has 0 bridgehead atoms. The van der Waals surface area contributed by atoms with E-state index < -0.39 is 0 Å². The summed E-state index contributed by atoms with van der Waals surface area (Å²) in [5, 5.41) is 13.2. The predicted octanol–water partition coefficient (Wildman–Crippen LogP) is 6.36. The molecule has 0 atom stereocenters. The molecule has 0 aliphatic rings. The molecule has 6 aromatic rings. The number of hydrogen-bond acceptors (Lipinski definition) is 4. The molecule has 1 aromatic heterocycles. The van der Waals surface area contributed by atoms with Crippen molar-refractivity contribution in [1.82, 2.24) is 15.0 Å². The molecule has 0 radical (unpaired) electrons. The second-order valence-corrected chi connectivity index (χ2v) is 10.6. The predicted molar refractivity (Wildman–Crippen MR) is 160 cm³/mol. The van der Waals surface area contributed by atoms with E-state index in [1.54, 1.807) is 0 Å². The zero-order valence-electron chi connectivity index (χ0n) is 20.1. The number of aromatic nitrogens is 3. The van der Waals surface area contributed by atoms with Crippen molar-refractivity contribution in [3.63, 3.8) is 0 Å². The maximum absolute atomic E-state index is 6.10. The lowest BCUT2D eigenvalue weighted by molar-refractivity contribution is 0.248. The van der Waals surface area contributed by atoms with Crippen LogP contribution < -0.4 is 14.9 Å². The van der Waals surface area contributed by atoms with E-state index in [-0.39, 0.29) is 0 Å². The fourth-order valence-corrected chi connectivity index (χ4v) is 5.56. The molecule has 0 saturated heterocycles. The minimum absolute atomic E-state index is 0.562. The highest BCUT2D eigenvalue weighted by atomic mass is 79.9. The first kappa shape index (κ1) is 24.0. The number of fused-ring (bicyclic) bond motifs is 3. The standard InChI is InChI=1S/C29H22BBr2N3O2/c30-28-22-10-8-20(31)16-18(22)6-12-26(28)36-14-3-15-37-27-13-7-19-17-21(9-11-23(19)29(27)32)35-25-5-2-1-4-24(25)33-34-35/h1-2,4-13,16-17H,3,14-15,30H2. The molecule has 5 aromatic carbocycles. The van der Waals surface area contributed by atoms with Crippen molar-refractivity contribution < 1.29 is 9.47 Å². The maximum Gasteiger partial charge on any atom is 0.145 e. The molecule has 6 rings (SSSR count). The smallest absolute Gasteiger partial charge is 0.145 e. The van der Waals surface area contributed by atoms with Crippen LogP contribution in [0.15, 0.2) is 93.9 Å². The van der Waals surface area contributed by atoms with Crippen molar-refractivity contribution in [3.05, 3.63) is 93.9 Å². The van der Waals surface area contributed by atoms with Crippen LogP contribution in [0.5, 0.6) is 11.5 Å². The van der Waals surface area contributed by atoms with E-state index in [0.29, 0.717) is 13.2 Å². The number of para-hydroxylation sites is 1. The summed E-state index contributed by atoms with van der Waals surface area (Å²) >= 11 is 7.28. The average molecular weight is 615 g/mol. The van der Waals surface area contributed by atoms with Crippen LogP contribution in [0.2, 0.25) is 0 Å². The summed E-state index contributed by atoms with van der Waals surface area (Å²) in [6.07, 6.45) is 0.778. The van der Waals surface area contributed by atoms with Gasteiger partial charge in [-0.2, -0.15) is 0 Å². The van der Waals surface area contributed by atoms with E-state index in [1.165, 1.54) is 10.8 Å². The first-order valence-corrected chi connectivity index (χ1v) is 13.6. The summed E-state index contributed by atoms with van der Waals surface area (Å²) < 4.78 is 16.1. The lowest BCUT2D eigenvalue weighted by atomic mass is 9.89. The van der Waals surface area contributed by atoms with Crippen molar-refractivity contribution >= 4 is 77.7 Å². The minimum Gasteiger partial charge on any atom is -0.494 e. The fourth-order valence-electron chi connectivity index (χ4n) is 4.58. The monoisotopic (exact) mass is 613 g/mol. The molecule has 0 N–H and O–H groups in total. The van der Waals surface area contributed by atoms with Gasteiger partial charge in [-0.15, -0.1) is 5.10 Å². The van der Waals surface area contributed by atoms with Gasteiger partial charge >= 0.3 is 0 Å². The third-order valence-corrected chi connectivity index (χ3v) is 7.82. The van der Waals surface area contributed by atoms with Crippen molar-refractivity contribution in [2.24, 2.45) is 0 Å². The Morgan fingerprint density at radius 2 is 1.49 bits per heavy atom. The fraction of sp³-hybridized carbons (Fsp3) is 0.103. The van der Waals surface area contributed by atoms with Gasteiger partial charge < -0.3 is 9.47 Å². The van der Waals surface area contributed by atoms with Gasteiger partial charge in [0.2, 0.25) is 0 Å². The Balaban J connectivity index is 1.11. The number of rotatable bonds is 7. The van der Waals surface area contributed by atoms with E-state index >= 15 is 0 Å². The van der Waals surface area contributed by atoms with Crippen molar-refractivity contribution in [1.29, 1.82) is 0 Å². The van der Waals surface area contributed by atoms with Gasteiger partial charge in [-0.25, -0.2) is 4.68 Å². The zero-order chi connectivity index (χ0) is 25.4. The van der Waals surface area contributed by atoms with Crippen LogP contribution in [0, 0.1) is 0 Å². The summed E-state index contributed by atoms with van der Waals surface area (Å²) in [5.74, 6) is 1.73. The molecule has 37 heavy (non-hydrogen) atoms. The minimum atomic E-state index is 0.562. The van der Waals surface area contributed by atoms with Crippen LogP contribution in [-0.2, 0) is 0 Å². The highest BCUT2D eigenvalue weighted by Crippen LogP contribution is 2.34. The quantitative estimate of drug-likeness (QED) is 0.155. The first-order valence-electron chi connectivity index (χ1n) is 12.1. The Hall–Kier alpha value is -3.36. The summed E-state index contributed by atoms with van der Waals surface area (Å²) in [6, 6.07) is 28.7. The molecule has 0 aliphatic carbocycles. The van der Waals surface area contributed by atoms with E-state index in [4.69, 9.17) is 9.47 Å². The topological polar surface area (TPSA) is 49.2 Å². The Bertz CT molecular complexity index is 1770. The van der Waals surface area contributed by atoms with E-state index in [9.17, 15) is 0 Å². The van der Waals surface area contributed by atoms with Crippen molar-refractivity contribution in [2.75, 3.05) is 13.2 Å². The Morgan fingerprint density at radius 1 is 0.757 bits per heavy atom. The van der Waals surface area contributed by atoms with Crippen LogP contribution >= 0.6 is 31.9 Å². The van der Waals surface area contributed by atoms with Crippen LogP contribution in [0.3, 0.4) is 0 Å². The Morgan fingerprint density at radius 3 is 2.35 bits per heavy atom. The number of ether oxygens (including phenoxy) is 2. The summed E-state index contributed by atoms with van der Waals surface area (Å²) in [5.41, 5.74) is 3.98. The molecule has 0 fully saturated rings. The van der Waals surface area contributed by atoms with Gasteiger partial charge in [-0.05, 0) is 91.5 Å². The summed E-state index contributed by atoms with van der Waals surface area (Å²) in [7, 11) is 2.10. The number of hydrogen-bond donors (Lipinski definition) is 0. The Labute approximate surface area is 232 Å². The number of benzene rings is 5. The van der Waals surface area contributed by atoms with Gasteiger partial charge in [0, 0.05) is 10.9 Å². The van der Waals surface area contributed by atoms with Crippen LogP contribution in [0.25, 0.3) is 38.3 Å². The molecule has 182 valence electrons. The van der Waals surface area contributed by atoms with E-state index in [0.717, 1.165) is 59.8 Å². The largest absolute Gasteiger partial charge is 0.494 e. The maximum atomic E-state index is 6.10. The lowest BCUT2D eigenvalue weighted by Crippen LogP contribution is -2.13. The molecule has 5 nitrogen and oxygen atoms in total. The number of halogens is 2. The molecule has 0 amide bonds.